The van der Waals surface area contributed by atoms with Gasteiger partial charge in [-0.1, -0.05) is 22.6 Å². The Labute approximate surface area is 155 Å². The number of aryl methyl sites for hydroxylation is 4. The summed E-state index contributed by atoms with van der Waals surface area (Å²) in [4.78, 5) is 16.4. The summed E-state index contributed by atoms with van der Waals surface area (Å²) in [6.07, 6.45) is 6.43. The predicted molar refractivity (Wildman–Crippen MR) is 97.8 cm³/mol. The molecule has 136 valence electrons. The highest BCUT2D eigenvalue weighted by molar-refractivity contribution is 7.13. The van der Waals surface area contributed by atoms with Crippen LogP contribution in [0, 0.1) is 13.8 Å². The summed E-state index contributed by atoms with van der Waals surface area (Å²) >= 11 is 1.34. The Hall–Kier alpha value is -2.68. The number of amides is 1. The number of nitrogens with zero attached hydrogens (tertiary/aromatic N) is 6. The summed E-state index contributed by atoms with van der Waals surface area (Å²) < 4.78 is 1.84. The van der Waals surface area contributed by atoms with Crippen LogP contribution < -0.4 is 5.32 Å². The van der Waals surface area contributed by atoms with Crippen molar-refractivity contribution in [2.75, 3.05) is 0 Å². The van der Waals surface area contributed by atoms with E-state index in [1.807, 2.05) is 36.9 Å². The molecule has 8 nitrogen and oxygen atoms in total. The van der Waals surface area contributed by atoms with E-state index in [9.17, 15) is 4.79 Å². The number of carbonyl (C=O) groups is 1. The number of nitrogens with one attached hydrogen (secondary N) is 1. The molecule has 0 bridgehead atoms. The van der Waals surface area contributed by atoms with Gasteiger partial charge in [0.15, 0.2) is 0 Å². The summed E-state index contributed by atoms with van der Waals surface area (Å²) in [6.45, 7) is 5.11. The maximum Gasteiger partial charge on any atom is 0.282 e. The molecule has 0 saturated heterocycles. The number of carbonyl (C=O) groups excluding carboxylic acids is 1. The standard InChI is InChI=1S/C17H21N7OS/c1-12-6-7-14(9-18-12)10-19-16(25)17-22-21-15(26-17)5-3-4-8-24-11-13(2)20-23-24/h6-7,9,11H,3-5,8,10H2,1-2H3,(H,19,25). The number of unbranched alkanes of at least 4 members (excludes halogenated alkanes) is 1. The van der Waals surface area contributed by atoms with Crippen LogP contribution in [0.4, 0.5) is 0 Å². The van der Waals surface area contributed by atoms with Crippen molar-refractivity contribution in [1.82, 2.24) is 35.5 Å². The average molecular weight is 371 g/mol. The molecule has 3 rings (SSSR count). The van der Waals surface area contributed by atoms with E-state index in [2.05, 4.69) is 30.8 Å². The first-order valence-corrected chi connectivity index (χ1v) is 9.30. The second-order valence-corrected chi connectivity index (χ2v) is 7.13. The summed E-state index contributed by atoms with van der Waals surface area (Å²) in [5.74, 6) is -0.201. The van der Waals surface area contributed by atoms with Crippen LogP contribution in [-0.4, -0.2) is 36.1 Å². The van der Waals surface area contributed by atoms with Crippen molar-refractivity contribution >= 4 is 17.2 Å². The van der Waals surface area contributed by atoms with Crippen LogP contribution in [0.2, 0.25) is 0 Å². The molecule has 0 unspecified atom stereocenters. The number of pyridine rings is 1. The first-order chi connectivity index (χ1) is 12.6. The monoisotopic (exact) mass is 371 g/mol. The molecule has 1 amide bonds. The summed E-state index contributed by atoms with van der Waals surface area (Å²) in [6, 6.07) is 3.87. The van der Waals surface area contributed by atoms with Gasteiger partial charge in [0.1, 0.15) is 5.01 Å². The van der Waals surface area contributed by atoms with Crippen molar-refractivity contribution in [2.45, 2.75) is 46.2 Å². The molecule has 0 fully saturated rings. The molecular formula is C17H21N7OS. The van der Waals surface area contributed by atoms with E-state index in [4.69, 9.17) is 0 Å². The fourth-order valence-electron chi connectivity index (χ4n) is 2.36. The summed E-state index contributed by atoms with van der Waals surface area (Å²) in [5, 5.41) is 20.2. The predicted octanol–water partition coefficient (Wildman–Crippen LogP) is 2.09. The molecule has 0 radical (unpaired) electrons. The largest absolute Gasteiger partial charge is 0.346 e. The first-order valence-electron chi connectivity index (χ1n) is 8.49. The zero-order valence-corrected chi connectivity index (χ0v) is 15.7. The van der Waals surface area contributed by atoms with Crippen LogP contribution in [0.25, 0.3) is 0 Å². The number of aromatic nitrogens is 6. The minimum Gasteiger partial charge on any atom is -0.346 e. The zero-order valence-electron chi connectivity index (χ0n) is 14.8. The molecule has 26 heavy (non-hydrogen) atoms. The molecule has 3 aromatic rings. The minimum atomic E-state index is -0.201. The molecule has 3 aromatic heterocycles. The third-order valence-electron chi connectivity index (χ3n) is 3.77. The van der Waals surface area contributed by atoms with Gasteiger partial charge in [-0.25, -0.2) is 0 Å². The smallest absolute Gasteiger partial charge is 0.282 e. The minimum absolute atomic E-state index is 0.201. The third kappa shape index (κ3) is 5.16. The molecule has 1 N–H and O–H groups in total. The van der Waals surface area contributed by atoms with Gasteiger partial charge in [-0.05, 0) is 38.3 Å². The van der Waals surface area contributed by atoms with Crippen LogP contribution in [0.3, 0.4) is 0 Å². The molecule has 9 heteroatoms. The van der Waals surface area contributed by atoms with Gasteiger partial charge >= 0.3 is 0 Å². The van der Waals surface area contributed by atoms with Crippen LogP contribution in [-0.2, 0) is 19.5 Å². The van der Waals surface area contributed by atoms with E-state index in [0.29, 0.717) is 11.6 Å². The number of hydrogen-bond donors (Lipinski definition) is 1. The van der Waals surface area contributed by atoms with Crippen molar-refractivity contribution < 1.29 is 4.79 Å². The van der Waals surface area contributed by atoms with Crippen molar-refractivity contribution in [3.63, 3.8) is 0 Å². The lowest BCUT2D eigenvalue weighted by molar-refractivity contribution is 0.0950. The quantitative estimate of drug-likeness (QED) is 0.609. The van der Waals surface area contributed by atoms with Gasteiger partial charge in [0.05, 0.1) is 5.69 Å². The Morgan fingerprint density at radius 2 is 2.04 bits per heavy atom. The lowest BCUT2D eigenvalue weighted by atomic mass is 10.2. The average Bonchev–Trinajstić information content (AvgIpc) is 3.27. The third-order valence-corrected chi connectivity index (χ3v) is 4.75. The van der Waals surface area contributed by atoms with Crippen molar-refractivity contribution in [3.05, 3.63) is 51.5 Å². The Morgan fingerprint density at radius 3 is 2.77 bits per heavy atom. The number of hydrogen-bond acceptors (Lipinski definition) is 7. The Morgan fingerprint density at radius 1 is 1.15 bits per heavy atom. The molecule has 0 aliphatic rings. The van der Waals surface area contributed by atoms with E-state index in [1.165, 1.54) is 11.3 Å². The molecule has 0 saturated carbocycles. The fourth-order valence-corrected chi connectivity index (χ4v) is 3.16. The van der Waals surface area contributed by atoms with Crippen molar-refractivity contribution in [3.8, 4) is 0 Å². The van der Waals surface area contributed by atoms with E-state index < -0.39 is 0 Å². The normalized spacial score (nSPS) is 10.8. The first kappa shape index (κ1) is 18.1. The second-order valence-electron chi connectivity index (χ2n) is 6.07. The molecule has 0 aliphatic carbocycles. The maximum atomic E-state index is 12.2. The molecular weight excluding hydrogens is 350 g/mol. The Kier molecular flexibility index (Phi) is 6.00. The van der Waals surface area contributed by atoms with Gasteiger partial charge in [0.25, 0.3) is 5.91 Å². The molecule has 0 atom stereocenters. The molecule has 0 aromatic carbocycles. The van der Waals surface area contributed by atoms with Crippen molar-refractivity contribution in [1.29, 1.82) is 0 Å². The van der Waals surface area contributed by atoms with Gasteiger partial charge in [0, 0.05) is 37.6 Å². The molecule has 0 aliphatic heterocycles. The Bertz CT molecular complexity index is 856. The van der Waals surface area contributed by atoms with Crippen LogP contribution in [0.15, 0.2) is 24.5 Å². The zero-order chi connectivity index (χ0) is 18.4. The van der Waals surface area contributed by atoms with Crippen LogP contribution in [0.1, 0.15) is 44.6 Å². The number of rotatable bonds is 8. The van der Waals surface area contributed by atoms with E-state index in [-0.39, 0.29) is 5.91 Å². The summed E-state index contributed by atoms with van der Waals surface area (Å²) in [7, 11) is 0. The highest BCUT2D eigenvalue weighted by Crippen LogP contribution is 2.13. The highest BCUT2D eigenvalue weighted by atomic mass is 32.1. The van der Waals surface area contributed by atoms with Gasteiger partial charge in [-0.3, -0.25) is 14.5 Å². The van der Waals surface area contributed by atoms with Crippen LogP contribution >= 0.6 is 11.3 Å². The second kappa shape index (κ2) is 8.61. The van der Waals surface area contributed by atoms with Gasteiger partial charge in [-0.15, -0.1) is 15.3 Å². The van der Waals surface area contributed by atoms with Crippen LogP contribution in [0.5, 0.6) is 0 Å². The van der Waals surface area contributed by atoms with E-state index in [0.717, 1.165) is 47.8 Å². The van der Waals surface area contributed by atoms with Gasteiger partial charge in [-0.2, -0.15) is 0 Å². The highest BCUT2D eigenvalue weighted by Gasteiger charge is 2.12. The van der Waals surface area contributed by atoms with Gasteiger partial charge < -0.3 is 5.32 Å². The maximum absolute atomic E-state index is 12.2. The van der Waals surface area contributed by atoms with Crippen molar-refractivity contribution in [2.24, 2.45) is 0 Å². The topological polar surface area (TPSA) is 98.5 Å². The fraction of sp³-hybridized carbons (Fsp3) is 0.412. The SMILES string of the molecule is Cc1ccc(CNC(=O)c2nnc(CCCCn3cc(C)nn3)s2)cn1. The molecule has 3 heterocycles. The lowest BCUT2D eigenvalue weighted by Crippen LogP contribution is -2.22. The van der Waals surface area contributed by atoms with Gasteiger partial charge in [0.2, 0.25) is 5.01 Å². The van der Waals surface area contributed by atoms with E-state index >= 15 is 0 Å². The Balaban J connectivity index is 1.41. The molecule has 0 spiro atoms. The van der Waals surface area contributed by atoms with E-state index in [1.54, 1.807) is 6.20 Å². The lowest BCUT2D eigenvalue weighted by Gasteiger charge is -2.02. The summed E-state index contributed by atoms with van der Waals surface area (Å²) in [5.41, 5.74) is 2.83.